The Morgan fingerprint density at radius 2 is 1.65 bits per heavy atom. The number of carbonyl (C=O) groups excluding carboxylic acids is 3. The van der Waals surface area contributed by atoms with Crippen LogP contribution < -0.4 is 21.7 Å². The minimum atomic E-state index is -1.20. The summed E-state index contributed by atoms with van der Waals surface area (Å²) in [5.74, 6) is -3.43. The number of benzene rings is 1. The molecule has 5 atom stereocenters. The van der Waals surface area contributed by atoms with Gasteiger partial charge in [0.25, 0.3) is 0 Å². The molecule has 0 heterocycles. The maximum Gasteiger partial charge on any atom is 0.326 e. The maximum atomic E-state index is 12.6. The molecule has 1 rings (SSSR count). The Morgan fingerprint density at radius 3 is 2.16 bits per heavy atom. The number of nitrogens with one attached hydrogen (secondary N) is 3. The first-order valence-corrected chi connectivity index (χ1v) is 10.1. The van der Waals surface area contributed by atoms with Gasteiger partial charge in [-0.3, -0.25) is 14.4 Å². The molecule has 10 heteroatoms. The molecule has 1 aromatic carbocycles. The minimum absolute atomic E-state index is 0.0959. The number of carbonyl (C=O) groups is 4. The lowest BCUT2D eigenvalue weighted by atomic mass is 9.97. The second-order valence-electron chi connectivity index (χ2n) is 7.50. The van der Waals surface area contributed by atoms with Crippen molar-refractivity contribution in [3.05, 3.63) is 35.9 Å². The molecule has 0 aliphatic rings. The smallest absolute Gasteiger partial charge is 0.326 e. The molecule has 0 aliphatic carbocycles. The van der Waals surface area contributed by atoms with Crippen LogP contribution in [0.2, 0.25) is 0 Å². The first-order chi connectivity index (χ1) is 14.6. The van der Waals surface area contributed by atoms with Crippen LogP contribution in [-0.2, 0) is 25.6 Å². The number of aliphatic carboxylic acids is 1. The monoisotopic (exact) mass is 436 g/mol. The number of aliphatic hydroxyl groups is 1. The van der Waals surface area contributed by atoms with Gasteiger partial charge < -0.3 is 31.9 Å². The zero-order valence-corrected chi connectivity index (χ0v) is 18.0. The Kier molecular flexibility index (Phi) is 10.6. The van der Waals surface area contributed by atoms with Crippen molar-refractivity contribution in [3.63, 3.8) is 0 Å². The molecule has 7 N–H and O–H groups in total. The van der Waals surface area contributed by atoms with E-state index in [1.54, 1.807) is 37.3 Å². The summed E-state index contributed by atoms with van der Waals surface area (Å²) in [6, 6.07) is 5.52. The number of hydrogen-bond donors (Lipinski definition) is 6. The van der Waals surface area contributed by atoms with Crippen LogP contribution in [0, 0.1) is 5.92 Å². The van der Waals surface area contributed by atoms with Crippen molar-refractivity contribution in [3.8, 4) is 0 Å². The molecule has 0 aliphatic heterocycles. The van der Waals surface area contributed by atoms with E-state index >= 15 is 0 Å². The van der Waals surface area contributed by atoms with Gasteiger partial charge >= 0.3 is 5.97 Å². The minimum Gasteiger partial charge on any atom is -0.480 e. The van der Waals surface area contributed by atoms with Crippen LogP contribution in [0.1, 0.15) is 32.8 Å². The van der Waals surface area contributed by atoms with Gasteiger partial charge in [-0.25, -0.2) is 4.79 Å². The Hall–Kier alpha value is -2.98. The van der Waals surface area contributed by atoms with E-state index in [-0.39, 0.29) is 12.3 Å². The lowest BCUT2D eigenvalue weighted by molar-refractivity contribution is -0.141. The third-order valence-electron chi connectivity index (χ3n) is 4.95. The number of rotatable bonds is 12. The summed E-state index contributed by atoms with van der Waals surface area (Å²) in [5, 5.41) is 26.1. The predicted octanol–water partition coefficient (Wildman–Crippen LogP) is -0.846. The molecule has 0 saturated carbocycles. The number of nitrogens with two attached hydrogens (primary N) is 1. The van der Waals surface area contributed by atoms with Gasteiger partial charge in [0.2, 0.25) is 17.7 Å². The van der Waals surface area contributed by atoms with Crippen molar-refractivity contribution < 1.29 is 29.4 Å². The quantitative estimate of drug-likeness (QED) is 0.248. The van der Waals surface area contributed by atoms with Crippen LogP contribution in [-0.4, -0.2) is 64.7 Å². The summed E-state index contributed by atoms with van der Waals surface area (Å²) in [4.78, 5) is 48.4. The van der Waals surface area contributed by atoms with E-state index in [9.17, 15) is 29.4 Å². The van der Waals surface area contributed by atoms with E-state index in [1.165, 1.54) is 6.92 Å². The zero-order chi connectivity index (χ0) is 23.6. The number of amides is 3. The van der Waals surface area contributed by atoms with Crippen molar-refractivity contribution in [2.45, 2.75) is 57.8 Å². The van der Waals surface area contributed by atoms with Crippen molar-refractivity contribution in [1.29, 1.82) is 0 Å². The summed E-state index contributed by atoms with van der Waals surface area (Å²) >= 11 is 0. The summed E-state index contributed by atoms with van der Waals surface area (Å²) < 4.78 is 0. The van der Waals surface area contributed by atoms with Crippen LogP contribution in [0.3, 0.4) is 0 Å². The van der Waals surface area contributed by atoms with Gasteiger partial charge in [0, 0.05) is 6.42 Å². The normalized spacial score (nSPS) is 15.6. The highest BCUT2D eigenvalue weighted by atomic mass is 16.4. The van der Waals surface area contributed by atoms with Crippen molar-refractivity contribution in [2.24, 2.45) is 11.7 Å². The molecule has 5 unspecified atom stereocenters. The van der Waals surface area contributed by atoms with Gasteiger partial charge in [-0.05, 0) is 18.4 Å². The summed E-state index contributed by atoms with van der Waals surface area (Å²) in [5.41, 5.74) is 6.35. The molecule has 0 aromatic heterocycles. The van der Waals surface area contributed by atoms with Crippen molar-refractivity contribution in [2.75, 3.05) is 6.54 Å². The van der Waals surface area contributed by atoms with Crippen LogP contribution >= 0.6 is 0 Å². The van der Waals surface area contributed by atoms with Crippen molar-refractivity contribution >= 4 is 23.7 Å². The standard InChI is InChI=1S/C21H32N4O6/c1-4-12(2)18(25-19(28)17(22)13(3)26)20(29)23-11-16(27)24-15(21(30)31)10-14-8-6-5-7-9-14/h5-9,12-13,15,17-18,26H,4,10-11,22H2,1-3H3,(H,23,29)(H,24,27)(H,25,28)(H,30,31). The van der Waals surface area contributed by atoms with Crippen LogP contribution in [0.5, 0.6) is 0 Å². The third kappa shape index (κ3) is 8.73. The zero-order valence-electron chi connectivity index (χ0n) is 18.0. The lowest BCUT2D eigenvalue weighted by Gasteiger charge is -2.25. The van der Waals surface area contributed by atoms with Gasteiger partial charge in [-0.2, -0.15) is 0 Å². The van der Waals surface area contributed by atoms with Gasteiger partial charge in [0.15, 0.2) is 0 Å². The average Bonchev–Trinajstić information content (AvgIpc) is 2.74. The molecule has 1 aromatic rings. The summed E-state index contributed by atoms with van der Waals surface area (Å²) in [7, 11) is 0. The molecule has 31 heavy (non-hydrogen) atoms. The van der Waals surface area contributed by atoms with Gasteiger partial charge in [-0.1, -0.05) is 50.6 Å². The van der Waals surface area contributed by atoms with E-state index in [2.05, 4.69) is 16.0 Å². The van der Waals surface area contributed by atoms with E-state index < -0.39 is 54.5 Å². The fraction of sp³-hybridized carbons (Fsp3) is 0.524. The van der Waals surface area contributed by atoms with E-state index in [4.69, 9.17) is 5.73 Å². The molecular formula is C21H32N4O6. The van der Waals surface area contributed by atoms with Crippen LogP contribution in [0.25, 0.3) is 0 Å². The summed E-state index contributed by atoms with van der Waals surface area (Å²) in [6.07, 6.45) is -0.436. The first-order valence-electron chi connectivity index (χ1n) is 10.1. The lowest BCUT2D eigenvalue weighted by Crippen LogP contribution is -2.57. The predicted molar refractivity (Wildman–Crippen MR) is 114 cm³/mol. The highest BCUT2D eigenvalue weighted by Gasteiger charge is 2.29. The number of carboxylic acid groups (broad SMARTS) is 1. The Bertz CT molecular complexity index is 755. The van der Waals surface area contributed by atoms with Gasteiger partial charge in [0.05, 0.1) is 12.6 Å². The fourth-order valence-electron chi connectivity index (χ4n) is 2.74. The second-order valence-corrected chi connectivity index (χ2v) is 7.50. The molecule has 3 amide bonds. The molecule has 172 valence electrons. The molecule has 0 spiro atoms. The largest absolute Gasteiger partial charge is 0.480 e. The molecule has 0 bridgehead atoms. The van der Waals surface area contributed by atoms with Crippen LogP contribution in [0.15, 0.2) is 30.3 Å². The average molecular weight is 437 g/mol. The maximum absolute atomic E-state index is 12.6. The third-order valence-corrected chi connectivity index (χ3v) is 4.95. The molecule has 10 nitrogen and oxygen atoms in total. The molecule has 0 fully saturated rings. The van der Waals surface area contributed by atoms with E-state index in [1.807, 2.05) is 6.92 Å². The number of carboxylic acids is 1. The topological polar surface area (TPSA) is 171 Å². The van der Waals surface area contributed by atoms with Gasteiger partial charge in [0.1, 0.15) is 18.1 Å². The Balaban J connectivity index is 2.69. The highest BCUT2D eigenvalue weighted by Crippen LogP contribution is 2.09. The SMILES string of the molecule is CCC(C)C(NC(=O)C(N)C(C)O)C(=O)NCC(=O)NC(Cc1ccccc1)C(=O)O. The number of aliphatic hydroxyl groups excluding tert-OH is 1. The van der Waals surface area contributed by atoms with E-state index in [0.717, 1.165) is 5.56 Å². The molecular weight excluding hydrogens is 404 g/mol. The second kappa shape index (κ2) is 12.7. The molecule has 0 radical (unpaired) electrons. The first kappa shape index (κ1) is 26.1. The highest BCUT2D eigenvalue weighted by molar-refractivity contribution is 5.92. The molecule has 0 saturated heterocycles. The summed E-state index contributed by atoms with van der Waals surface area (Å²) in [6.45, 7) is 4.49. The Morgan fingerprint density at radius 1 is 1.03 bits per heavy atom. The number of hydrogen-bond acceptors (Lipinski definition) is 6. The van der Waals surface area contributed by atoms with E-state index in [0.29, 0.717) is 6.42 Å². The fourth-order valence-corrected chi connectivity index (χ4v) is 2.74. The Labute approximate surface area is 181 Å². The van der Waals surface area contributed by atoms with Gasteiger partial charge in [-0.15, -0.1) is 0 Å². The van der Waals surface area contributed by atoms with Crippen LogP contribution in [0.4, 0.5) is 0 Å². The van der Waals surface area contributed by atoms with Crippen molar-refractivity contribution in [1.82, 2.24) is 16.0 Å².